The van der Waals surface area contributed by atoms with E-state index in [1.165, 1.54) is 53.1 Å². The number of anilines is 2. The quantitative estimate of drug-likeness (QED) is 0.196. The molecule has 15 heteroatoms. The van der Waals surface area contributed by atoms with Crippen molar-refractivity contribution in [2.75, 3.05) is 16.8 Å². The number of amides is 3. The number of fused-ring (bicyclic) bond motifs is 2. The van der Waals surface area contributed by atoms with E-state index in [2.05, 4.69) is 26.1 Å². The fourth-order valence-corrected chi connectivity index (χ4v) is 9.38. The number of hydrogen-bond donors (Lipinski definition) is 2. The second-order valence-corrected chi connectivity index (χ2v) is 16.6. The van der Waals surface area contributed by atoms with Gasteiger partial charge in [0.15, 0.2) is 0 Å². The molecule has 0 aliphatic carbocycles. The fourth-order valence-electron chi connectivity index (χ4n) is 6.09. The van der Waals surface area contributed by atoms with E-state index in [0.717, 1.165) is 39.1 Å². The van der Waals surface area contributed by atoms with Crippen LogP contribution in [-0.2, 0) is 41.1 Å². The number of rotatable bonds is 8. The van der Waals surface area contributed by atoms with Crippen LogP contribution in [-0.4, -0.2) is 48.5 Å². The molecule has 3 N–H and O–H groups in total. The van der Waals surface area contributed by atoms with Crippen molar-refractivity contribution in [1.29, 1.82) is 0 Å². The summed E-state index contributed by atoms with van der Waals surface area (Å²) in [5.41, 5.74) is 2.57. The third-order valence-corrected chi connectivity index (χ3v) is 12.1. The zero-order valence-electron chi connectivity index (χ0n) is 27.5. The van der Waals surface area contributed by atoms with Crippen LogP contribution in [0.15, 0.2) is 87.5 Å². The minimum Gasteiger partial charge on any atom is -0.462 e. The topological polar surface area (TPSA) is 175 Å². The van der Waals surface area contributed by atoms with Gasteiger partial charge >= 0.3 is 10.8 Å². The number of thioether (sulfide) groups is 1. The largest absolute Gasteiger partial charge is 0.462 e. The van der Waals surface area contributed by atoms with Crippen molar-refractivity contribution < 1.29 is 32.3 Å². The van der Waals surface area contributed by atoms with Crippen molar-refractivity contribution in [3.8, 4) is 0 Å². The average Bonchev–Trinajstić information content (AvgIpc) is 3.50. The molecular weight excluding hydrogens is 701 g/mol. The van der Waals surface area contributed by atoms with Crippen molar-refractivity contribution in [2.24, 2.45) is 11.1 Å². The second kappa shape index (κ2) is 13.3. The molecule has 3 unspecified atom stereocenters. The smallest absolute Gasteiger partial charge is 0.338 e. The molecule has 0 saturated carbocycles. The first kappa shape index (κ1) is 35.3. The van der Waals surface area contributed by atoms with Gasteiger partial charge in [-0.3, -0.25) is 23.7 Å². The lowest BCUT2D eigenvalue weighted by Gasteiger charge is -2.31. The second-order valence-electron chi connectivity index (χ2n) is 12.9. The van der Waals surface area contributed by atoms with Crippen LogP contribution in [0.25, 0.3) is 0 Å². The number of thiazole rings is 1. The number of esters is 1. The van der Waals surface area contributed by atoms with E-state index in [1.54, 1.807) is 6.92 Å². The van der Waals surface area contributed by atoms with Gasteiger partial charge in [0.05, 0.1) is 33.7 Å². The number of carbonyl (C=O) groups excluding carboxylic acids is 4. The summed E-state index contributed by atoms with van der Waals surface area (Å²) in [6, 6.07) is 19.1. The number of carbonyl (C=O) groups is 4. The fraction of sp³-hybridized carbons (Fsp3) is 0.286. The lowest BCUT2D eigenvalue weighted by Crippen LogP contribution is -2.33. The lowest BCUT2D eigenvalue weighted by atomic mass is 9.81. The Labute approximate surface area is 296 Å². The van der Waals surface area contributed by atoms with E-state index in [1.807, 2.05) is 24.3 Å². The number of aromatic nitrogens is 1. The minimum absolute atomic E-state index is 0.120. The van der Waals surface area contributed by atoms with Crippen molar-refractivity contribution >= 4 is 68.2 Å². The third kappa shape index (κ3) is 6.65. The van der Waals surface area contributed by atoms with Gasteiger partial charge < -0.3 is 10.1 Å². The molecule has 0 spiro atoms. The molecule has 3 amide bonds. The highest BCUT2D eigenvalue weighted by Gasteiger charge is 2.56. The Balaban J connectivity index is 1.36. The number of nitrogens with one attached hydrogen (secondary N) is 1. The predicted octanol–water partition coefficient (Wildman–Crippen LogP) is 4.47. The maximum atomic E-state index is 14.3. The van der Waals surface area contributed by atoms with E-state index < -0.39 is 55.7 Å². The summed E-state index contributed by atoms with van der Waals surface area (Å²) in [6.45, 7) is 7.77. The van der Waals surface area contributed by atoms with Crippen LogP contribution in [0.2, 0.25) is 0 Å². The molecule has 0 bridgehead atoms. The van der Waals surface area contributed by atoms with Gasteiger partial charge in [-0.15, -0.1) is 0 Å². The molecule has 2 aliphatic rings. The summed E-state index contributed by atoms with van der Waals surface area (Å²) in [5.74, 6) is -3.48. The van der Waals surface area contributed by atoms with Crippen molar-refractivity contribution in [2.45, 2.75) is 60.7 Å². The molecule has 0 radical (unpaired) electrons. The summed E-state index contributed by atoms with van der Waals surface area (Å²) in [6.07, 6.45) is 0. The molecule has 3 aromatic carbocycles. The number of nitrogens with zero attached hydrogens (tertiary/aromatic N) is 2. The highest BCUT2D eigenvalue weighted by Crippen LogP contribution is 2.54. The average molecular weight is 735 g/mol. The van der Waals surface area contributed by atoms with Gasteiger partial charge in [0.1, 0.15) is 11.8 Å². The summed E-state index contributed by atoms with van der Waals surface area (Å²) in [4.78, 5) is 68.5. The number of benzene rings is 3. The molecule has 4 aromatic rings. The summed E-state index contributed by atoms with van der Waals surface area (Å²) in [7, 11) is -3.92. The Hall–Kier alpha value is -4.57. The predicted molar refractivity (Wildman–Crippen MR) is 190 cm³/mol. The molecule has 50 heavy (non-hydrogen) atoms. The first-order valence-corrected chi connectivity index (χ1v) is 18.9. The number of ether oxygens (including phenoxy) is 1. The lowest BCUT2D eigenvalue weighted by molar-refractivity contribution is -0.122. The molecule has 1 aromatic heterocycles. The normalized spacial score (nSPS) is 18.8. The van der Waals surface area contributed by atoms with Gasteiger partial charge in [0, 0.05) is 16.5 Å². The minimum atomic E-state index is -3.92. The zero-order valence-corrected chi connectivity index (χ0v) is 30.0. The first-order valence-electron chi connectivity index (χ1n) is 15.7. The highest BCUT2D eigenvalue weighted by atomic mass is 32.2. The van der Waals surface area contributed by atoms with Crippen molar-refractivity contribution in [1.82, 2.24) is 4.57 Å². The van der Waals surface area contributed by atoms with E-state index >= 15 is 0 Å². The van der Waals surface area contributed by atoms with Crippen LogP contribution in [0.4, 0.5) is 11.4 Å². The van der Waals surface area contributed by atoms with Crippen molar-refractivity contribution in [3.05, 3.63) is 104 Å². The molecular formula is C35H34N4O8S3. The van der Waals surface area contributed by atoms with E-state index in [9.17, 15) is 32.4 Å². The molecule has 1 fully saturated rings. The first-order chi connectivity index (χ1) is 23.6. The van der Waals surface area contributed by atoms with E-state index in [4.69, 9.17) is 9.88 Å². The number of imide groups is 1. The highest BCUT2D eigenvalue weighted by molar-refractivity contribution is 8.00. The summed E-state index contributed by atoms with van der Waals surface area (Å²) < 4.78 is 29.6. The van der Waals surface area contributed by atoms with Crippen molar-refractivity contribution in [3.63, 3.8) is 0 Å². The molecule has 6 rings (SSSR count). The maximum Gasteiger partial charge on any atom is 0.338 e. The van der Waals surface area contributed by atoms with Crippen LogP contribution in [0, 0.1) is 5.92 Å². The molecule has 1 saturated heterocycles. The van der Waals surface area contributed by atoms with Gasteiger partial charge in [-0.2, -0.15) is 0 Å². The van der Waals surface area contributed by atoms with E-state index in [0.29, 0.717) is 21.3 Å². The molecule has 12 nitrogen and oxygen atoms in total. The van der Waals surface area contributed by atoms with Gasteiger partial charge in [-0.1, -0.05) is 68.1 Å². The van der Waals surface area contributed by atoms with Crippen LogP contribution >= 0.6 is 23.1 Å². The Morgan fingerprint density at radius 3 is 2.14 bits per heavy atom. The molecule has 260 valence electrons. The summed E-state index contributed by atoms with van der Waals surface area (Å²) in [5, 5.41) is 7.35. The monoisotopic (exact) mass is 734 g/mol. The Kier molecular flexibility index (Phi) is 9.37. The standard InChI is InChI=1S/C35H34N4O8S3/c1-5-47-33(43)20-8-14-23(15-9-20)39-30(41)27-26(19-6-10-21(11-7-19)35(2,3)4)29-32(48-28(27)31(39)42)38(34(44)49-29)18-25(40)37-22-12-16-24(17-13-22)50(36,45)46/h6-17,26-28H,5,18H2,1-4H3,(H,37,40)(H2,36,45,46). The van der Waals surface area contributed by atoms with Crippen LogP contribution in [0.1, 0.15) is 60.0 Å². The van der Waals surface area contributed by atoms with E-state index in [-0.39, 0.29) is 29.0 Å². The molecule has 3 heterocycles. The van der Waals surface area contributed by atoms with Gasteiger partial charge in [0.2, 0.25) is 27.7 Å². The molecule has 2 aliphatic heterocycles. The summed E-state index contributed by atoms with van der Waals surface area (Å²) >= 11 is 2.02. The van der Waals surface area contributed by atoms with Gasteiger partial charge in [-0.25, -0.2) is 23.3 Å². The van der Waals surface area contributed by atoms with Gasteiger partial charge in [-0.05, 0) is 72.0 Å². The Morgan fingerprint density at radius 1 is 0.920 bits per heavy atom. The van der Waals surface area contributed by atoms with Crippen LogP contribution in [0.5, 0.6) is 0 Å². The number of primary sulfonamides is 1. The Morgan fingerprint density at radius 2 is 1.56 bits per heavy atom. The SMILES string of the molecule is CCOC(=O)c1ccc(N2C(=O)C3Sc4c(sc(=O)n4CC(=O)Nc4ccc(S(N)(=O)=O)cc4)C(c4ccc(C(C)(C)C)cc4)C3C2=O)cc1. The number of sulfonamides is 1. The third-order valence-electron chi connectivity index (χ3n) is 8.59. The molecule has 3 atom stereocenters. The van der Waals surface area contributed by atoms with Gasteiger partial charge in [0.25, 0.3) is 0 Å². The number of hydrogen-bond acceptors (Lipinski definition) is 10. The zero-order chi connectivity index (χ0) is 36.1. The number of nitrogens with two attached hydrogens (primary N) is 1. The Bertz CT molecular complexity index is 2170. The maximum absolute atomic E-state index is 14.3. The van der Waals surface area contributed by atoms with Crippen LogP contribution in [0.3, 0.4) is 0 Å². The van der Waals surface area contributed by atoms with Crippen LogP contribution < -0.4 is 20.2 Å².